The van der Waals surface area contributed by atoms with Gasteiger partial charge in [-0.3, -0.25) is 9.88 Å². The molecular weight excluding hydrogens is 292 g/mol. The van der Waals surface area contributed by atoms with Gasteiger partial charge in [0.25, 0.3) is 0 Å². The predicted octanol–water partition coefficient (Wildman–Crippen LogP) is 1.80. The summed E-state index contributed by atoms with van der Waals surface area (Å²) in [5.74, 6) is 1.67. The molecule has 1 aliphatic heterocycles. The molecule has 1 fully saturated rings. The Hall–Kier alpha value is -2.18. The average Bonchev–Trinajstić information content (AvgIpc) is 2.63. The molecule has 3 rings (SSSR count). The minimum Gasteiger partial charge on any atom is -0.492 e. The average molecular weight is 314 g/mol. The number of nitrogens with zero attached hydrogens (tertiary/aromatic N) is 3. The molecule has 6 heteroatoms. The van der Waals surface area contributed by atoms with Gasteiger partial charge in [-0.05, 0) is 6.07 Å². The lowest BCUT2D eigenvalue weighted by molar-refractivity contribution is 0.0322. The second kappa shape index (κ2) is 8.45. The van der Waals surface area contributed by atoms with E-state index in [9.17, 15) is 0 Å². The van der Waals surface area contributed by atoms with E-state index in [1.807, 2.05) is 18.2 Å². The third-order valence-electron chi connectivity index (χ3n) is 3.76. The SMILES string of the molecule is c1ccc(OCCN2CCOCC2)c(CNc2cnccn2)c1. The molecule has 0 amide bonds. The maximum absolute atomic E-state index is 5.97. The van der Waals surface area contributed by atoms with Crippen molar-refractivity contribution >= 4 is 5.82 Å². The molecule has 6 nitrogen and oxygen atoms in total. The third-order valence-corrected chi connectivity index (χ3v) is 3.76. The van der Waals surface area contributed by atoms with Crippen molar-refractivity contribution in [3.63, 3.8) is 0 Å². The topological polar surface area (TPSA) is 59.5 Å². The maximum atomic E-state index is 5.97. The standard InChI is InChI=1S/C17H22N4O2/c1-2-4-16(23-12-9-21-7-10-22-11-8-21)15(3-1)13-20-17-14-18-5-6-19-17/h1-6,14H,7-13H2,(H,19,20). The van der Waals surface area contributed by atoms with Gasteiger partial charge in [0.05, 0.1) is 19.4 Å². The minimum atomic E-state index is 0.659. The van der Waals surface area contributed by atoms with Crippen LogP contribution >= 0.6 is 0 Å². The molecule has 1 saturated heterocycles. The van der Waals surface area contributed by atoms with Crippen molar-refractivity contribution in [3.8, 4) is 5.75 Å². The lowest BCUT2D eigenvalue weighted by atomic mass is 10.2. The molecule has 0 aliphatic carbocycles. The van der Waals surface area contributed by atoms with E-state index in [1.165, 1.54) is 0 Å². The number of anilines is 1. The van der Waals surface area contributed by atoms with E-state index in [2.05, 4.69) is 26.3 Å². The lowest BCUT2D eigenvalue weighted by Crippen LogP contribution is -2.38. The first-order valence-corrected chi connectivity index (χ1v) is 7.92. The second-order valence-electron chi connectivity index (χ2n) is 5.35. The number of hydrogen-bond acceptors (Lipinski definition) is 6. The molecule has 2 heterocycles. The molecule has 122 valence electrons. The van der Waals surface area contributed by atoms with Gasteiger partial charge < -0.3 is 14.8 Å². The number of ether oxygens (including phenoxy) is 2. The van der Waals surface area contributed by atoms with E-state index in [4.69, 9.17) is 9.47 Å². The maximum Gasteiger partial charge on any atom is 0.144 e. The fourth-order valence-corrected chi connectivity index (χ4v) is 2.48. The first-order chi connectivity index (χ1) is 11.4. The molecule has 1 aromatic heterocycles. The molecule has 1 aliphatic rings. The van der Waals surface area contributed by atoms with E-state index in [0.29, 0.717) is 13.2 Å². The van der Waals surface area contributed by atoms with Crippen molar-refractivity contribution in [1.82, 2.24) is 14.9 Å². The number of aromatic nitrogens is 2. The summed E-state index contributed by atoms with van der Waals surface area (Å²) in [4.78, 5) is 10.6. The van der Waals surface area contributed by atoms with Gasteiger partial charge in [0, 0.05) is 44.1 Å². The van der Waals surface area contributed by atoms with Gasteiger partial charge in [0.2, 0.25) is 0 Å². The van der Waals surface area contributed by atoms with Gasteiger partial charge >= 0.3 is 0 Å². The van der Waals surface area contributed by atoms with Crippen molar-refractivity contribution < 1.29 is 9.47 Å². The Labute approximate surface area is 136 Å². The van der Waals surface area contributed by atoms with E-state index in [0.717, 1.165) is 50.0 Å². The largest absolute Gasteiger partial charge is 0.492 e. The predicted molar refractivity (Wildman–Crippen MR) is 88.6 cm³/mol. The smallest absolute Gasteiger partial charge is 0.144 e. The van der Waals surface area contributed by atoms with Crippen LogP contribution in [0.5, 0.6) is 5.75 Å². The molecule has 0 atom stereocenters. The number of hydrogen-bond donors (Lipinski definition) is 1. The first kappa shape index (κ1) is 15.7. The zero-order valence-electron chi connectivity index (χ0n) is 13.1. The Morgan fingerprint density at radius 3 is 2.87 bits per heavy atom. The Balaban J connectivity index is 1.50. The molecule has 0 unspecified atom stereocenters. The van der Waals surface area contributed by atoms with Crippen LogP contribution in [0.15, 0.2) is 42.9 Å². The summed E-state index contributed by atoms with van der Waals surface area (Å²) >= 11 is 0. The number of morpholine rings is 1. The summed E-state index contributed by atoms with van der Waals surface area (Å²) in [5, 5.41) is 3.26. The Kier molecular flexibility index (Phi) is 5.77. The van der Waals surface area contributed by atoms with Crippen LogP contribution in [-0.4, -0.2) is 54.3 Å². The Morgan fingerprint density at radius 2 is 2.04 bits per heavy atom. The molecule has 0 saturated carbocycles. The highest BCUT2D eigenvalue weighted by Gasteiger charge is 2.10. The molecule has 0 spiro atoms. The van der Waals surface area contributed by atoms with Crippen LogP contribution in [0.2, 0.25) is 0 Å². The van der Waals surface area contributed by atoms with E-state index < -0.39 is 0 Å². The minimum absolute atomic E-state index is 0.659. The first-order valence-electron chi connectivity index (χ1n) is 7.92. The van der Waals surface area contributed by atoms with Crippen molar-refractivity contribution in [1.29, 1.82) is 0 Å². The Bertz CT molecular complexity index is 588. The molecular formula is C17H22N4O2. The summed E-state index contributed by atoms with van der Waals surface area (Å²) < 4.78 is 11.3. The molecule has 1 aromatic carbocycles. The normalized spacial score (nSPS) is 15.3. The third kappa shape index (κ3) is 4.91. The summed E-state index contributed by atoms with van der Waals surface area (Å²) in [6, 6.07) is 8.08. The number of rotatable bonds is 7. The van der Waals surface area contributed by atoms with Crippen molar-refractivity contribution in [2.24, 2.45) is 0 Å². The number of benzene rings is 1. The van der Waals surface area contributed by atoms with Gasteiger partial charge in [-0.15, -0.1) is 0 Å². The zero-order chi connectivity index (χ0) is 15.7. The zero-order valence-corrected chi connectivity index (χ0v) is 13.1. The summed E-state index contributed by atoms with van der Waals surface area (Å²) in [6.07, 6.45) is 5.04. The Morgan fingerprint density at radius 1 is 1.17 bits per heavy atom. The molecule has 0 bridgehead atoms. The number of para-hydroxylation sites is 1. The van der Waals surface area contributed by atoms with Gasteiger partial charge in [-0.1, -0.05) is 18.2 Å². The van der Waals surface area contributed by atoms with Gasteiger partial charge in [-0.25, -0.2) is 4.98 Å². The fraction of sp³-hybridized carbons (Fsp3) is 0.412. The van der Waals surface area contributed by atoms with Crippen LogP contribution in [0.25, 0.3) is 0 Å². The van der Waals surface area contributed by atoms with Gasteiger partial charge in [-0.2, -0.15) is 0 Å². The lowest BCUT2D eigenvalue weighted by Gasteiger charge is -2.26. The molecule has 1 N–H and O–H groups in total. The summed E-state index contributed by atoms with van der Waals surface area (Å²) in [6.45, 7) is 5.87. The fourth-order valence-electron chi connectivity index (χ4n) is 2.48. The van der Waals surface area contributed by atoms with E-state index in [-0.39, 0.29) is 0 Å². The summed E-state index contributed by atoms with van der Waals surface area (Å²) in [7, 11) is 0. The quantitative estimate of drug-likeness (QED) is 0.841. The van der Waals surface area contributed by atoms with Crippen molar-refractivity contribution in [2.45, 2.75) is 6.54 Å². The van der Waals surface area contributed by atoms with Crippen LogP contribution in [-0.2, 0) is 11.3 Å². The van der Waals surface area contributed by atoms with Crippen LogP contribution in [0.1, 0.15) is 5.56 Å². The molecule has 23 heavy (non-hydrogen) atoms. The van der Waals surface area contributed by atoms with E-state index in [1.54, 1.807) is 18.6 Å². The number of nitrogens with one attached hydrogen (secondary N) is 1. The van der Waals surface area contributed by atoms with Gasteiger partial charge in [0.1, 0.15) is 18.2 Å². The second-order valence-corrected chi connectivity index (χ2v) is 5.35. The van der Waals surface area contributed by atoms with Crippen molar-refractivity contribution in [3.05, 3.63) is 48.4 Å². The van der Waals surface area contributed by atoms with Crippen LogP contribution in [0.4, 0.5) is 5.82 Å². The van der Waals surface area contributed by atoms with Crippen LogP contribution in [0.3, 0.4) is 0 Å². The van der Waals surface area contributed by atoms with Crippen LogP contribution < -0.4 is 10.1 Å². The molecule has 2 aromatic rings. The highest BCUT2D eigenvalue weighted by molar-refractivity contribution is 5.38. The van der Waals surface area contributed by atoms with Crippen LogP contribution in [0, 0.1) is 0 Å². The monoisotopic (exact) mass is 314 g/mol. The molecule has 0 radical (unpaired) electrons. The highest BCUT2D eigenvalue weighted by Crippen LogP contribution is 2.19. The summed E-state index contributed by atoms with van der Waals surface area (Å²) in [5.41, 5.74) is 1.11. The highest BCUT2D eigenvalue weighted by atomic mass is 16.5. The van der Waals surface area contributed by atoms with Gasteiger partial charge in [0.15, 0.2) is 0 Å². The van der Waals surface area contributed by atoms with E-state index >= 15 is 0 Å². The van der Waals surface area contributed by atoms with Crippen molar-refractivity contribution in [2.75, 3.05) is 44.8 Å².